The number of imidazole rings is 1. The van der Waals surface area contributed by atoms with Crippen molar-refractivity contribution >= 4 is 11.9 Å². The van der Waals surface area contributed by atoms with E-state index in [1.54, 1.807) is 18.6 Å². The number of carbonyl (C=O) groups is 2. The fraction of sp³-hybridized carbons (Fsp3) is 0.474. The number of pyridine rings is 1. The highest BCUT2D eigenvalue weighted by Gasteiger charge is 2.35. The summed E-state index contributed by atoms with van der Waals surface area (Å²) in [5, 5.41) is 12.4. The van der Waals surface area contributed by atoms with E-state index in [4.69, 9.17) is 0 Å². The fourth-order valence-corrected chi connectivity index (χ4v) is 3.50. The molecule has 0 saturated carbocycles. The number of amides is 1. The van der Waals surface area contributed by atoms with E-state index in [2.05, 4.69) is 15.3 Å². The van der Waals surface area contributed by atoms with Gasteiger partial charge in [-0.15, -0.1) is 0 Å². The van der Waals surface area contributed by atoms with Crippen LogP contribution in [0.1, 0.15) is 24.7 Å². The predicted octanol–water partition coefficient (Wildman–Crippen LogP) is 1.14. The highest BCUT2D eigenvalue weighted by Crippen LogP contribution is 2.24. The lowest BCUT2D eigenvalue weighted by molar-refractivity contribution is -0.145. The topological polar surface area (TPSA) is 100 Å². The summed E-state index contributed by atoms with van der Waals surface area (Å²) in [5.74, 6) is -0.987. The zero-order valence-electron chi connectivity index (χ0n) is 15.4. The van der Waals surface area contributed by atoms with Gasteiger partial charge in [-0.2, -0.15) is 0 Å². The number of aromatic nitrogens is 3. The van der Waals surface area contributed by atoms with Gasteiger partial charge in [-0.3, -0.25) is 19.5 Å². The molecule has 144 valence electrons. The second-order valence-electron chi connectivity index (χ2n) is 6.86. The molecule has 2 atom stereocenters. The van der Waals surface area contributed by atoms with Crippen LogP contribution < -0.4 is 5.32 Å². The van der Waals surface area contributed by atoms with Crippen molar-refractivity contribution in [3.8, 4) is 0 Å². The number of piperidine rings is 1. The molecule has 0 unspecified atom stereocenters. The number of hydrogen-bond donors (Lipinski definition) is 2. The number of rotatable bonds is 7. The first-order chi connectivity index (χ1) is 13.1. The summed E-state index contributed by atoms with van der Waals surface area (Å²) >= 11 is 0. The average molecular weight is 371 g/mol. The van der Waals surface area contributed by atoms with Crippen molar-refractivity contribution in [1.29, 1.82) is 0 Å². The Morgan fingerprint density at radius 1 is 1.22 bits per heavy atom. The van der Waals surface area contributed by atoms with E-state index < -0.39 is 11.9 Å². The maximum absolute atomic E-state index is 12.6. The quantitative estimate of drug-likeness (QED) is 0.757. The lowest BCUT2D eigenvalue weighted by atomic mass is 9.88. The molecule has 3 rings (SSSR count). The largest absolute Gasteiger partial charge is 0.481 e. The van der Waals surface area contributed by atoms with Crippen LogP contribution in [-0.4, -0.2) is 49.5 Å². The van der Waals surface area contributed by atoms with Crippen molar-refractivity contribution < 1.29 is 14.7 Å². The highest BCUT2D eigenvalue weighted by molar-refractivity contribution is 5.80. The second kappa shape index (κ2) is 8.77. The molecule has 1 aliphatic rings. The average Bonchev–Trinajstić information content (AvgIpc) is 3.13. The number of hydrogen-bond acceptors (Lipinski definition) is 5. The van der Waals surface area contributed by atoms with Gasteiger partial charge in [-0.25, -0.2) is 4.98 Å². The molecule has 0 aromatic carbocycles. The molecule has 3 heterocycles. The van der Waals surface area contributed by atoms with E-state index >= 15 is 0 Å². The number of carboxylic acid groups (broad SMARTS) is 1. The summed E-state index contributed by atoms with van der Waals surface area (Å²) in [6, 6.07) is 3.69. The Hall–Kier alpha value is -2.74. The molecule has 2 N–H and O–H groups in total. The van der Waals surface area contributed by atoms with Crippen molar-refractivity contribution in [2.75, 3.05) is 13.1 Å². The molecule has 2 aromatic heterocycles. The Morgan fingerprint density at radius 3 is 2.67 bits per heavy atom. The standard InChI is InChI=1S/C19H25N5O3/c1-2-24-8-7-21-17(24)13-23-11-15(9-16(12-23)19(26)27)18(25)22-10-14-3-5-20-6-4-14/h3-8,15-16H,2,9-13H2,1H3,(H,22,25)(H,26,27)/t15-,16-/m1/s1. The predicted molar refractivity (Wildman–Crippen MR) is 98.5 cm³/mol. The van der Waals surface area contributed by atoms with E-state index in [1.165, 1.54) is 0 Å². The number of nitrogens with zero attached hydrogens (tertiary/aromatic N) is 4. The summed E-state index contributed by atoms with van der Waals surface area (Å²) in [6.45, 7) is 4.76. The Morgan fingerprint density at radius 2 is 1.96 bits per heavy atom. The minimum atomic E-state index is -0.856. The molecule has 8 heteroatoms. The monoisotopic (exact) mass is 371 g/mol. The molecule has 1 fully saturated rings. The fourth-order valence-electron chi connectivity index (χ4n) is 3.50. The summed E-state index contributed by atoms with van der Waals surface area (Å²) < 4.78 is 2.03. The molecule has 1 amide bonds. The van der Waals surface area contributed by atoms with Crippen LogP contribution in [0.15, 0.2) is 36.9 Å². The first-order valence-electron chi connectivity index (χ1n) is 9.18. The van der Waals surface area contributed by atoms with Crippen molar-refractivity contribution in [3.05, 3.63) is 48.3 Å². The number of aliphatic carboxylic acids is 1. The van der Waals surface area contributed by atoms with Gasteiger partial charge in [0.05, 0.1) is 18.4 Å². The molecule has 0 bridgehead atoms. The molecule has 0 spiro atoms. The number of likely N-dealkylation sites (tertiary alicyclic amines) is 1. The Kier molecular flexibility index (Phi) is 6.18. The summed E-state index contributed by atoms with van der Waals surface area (Å²) in [6.07, 6.45) is 7.37. The number of carboxylic acids is 1. The molecule has 2 aromatic rings. The Labute approximate surface area is 158 Å². The summed E-state index contributed by atoms with van der Waals surface area (Å²) in [7, 11) is 0. The number of carbonyl (C=O) groups excluding carboxylic acids is 1. The zero-order chi connectivity index (χ0) is 19.2. The number of nitrogens with one attached hydrogen (secondary N) is 1. The van der Waals surface area contributed by atoms with Crippen LogP contribution in [0.25, 0.3) is 0 Å². The third-order valence-corrected chi connectivity index (χ3v) is 4.97. The van der Waals surface area contributed by atoms with Gasteiger partial charge in [0.25, 0.3) is 0 Å². The summed E-state index contributed by atoms with van der Waals surface area (Å²) in [5.41, 5.74) is 0.964. The molecular weight excluding hydrogens is 346 g/mol. The zero-order valence-corrected chi connectivity index (χ0v) is 15.4. The van der Waals surface area contributed by atoms with E-state index in [1.807, 2.05) is 34.7 Å². The molecule has 1 aliphatic heterocycles. The second-order valence-corrected chi connectivity index (χ2v) is 6.86. The van der Waals surface area contributed by atoms with E-state index in [9.17, 15) is 14.7 Å². The van der Waals surface area contributed by atoms with Crippen molar-refractivity contribution in [2.24, 2.45) is 11.8 Å². The normalized spacial score (nSPS) is 20.3. The van der Waals surface area contributed by atoms with Gasteiger partial charge in [-0.05, 0) is 31.0 Å². The van der Waals surface area contributed by atoms with Gasteiger partial charge in [-0.1, -0.05) is 0 Å². The molecule has 0 aliphatic carbocycles. The van der Waals surface area contributed by atoms with Gasteiger partial charge in [0, 0.05) is 51.0 Å². The van der Waals surface area contributed by atoms with Crippen LogP contribution in [0, 0.1) is 11.8 Å². The van der Waals surface area contributed by atoms with Gasteiger partial charge in [0.2, 0.25) is 5.91 Å². The SMILES string of the molecule is CCn1ccnc1CN1C[C@H](C(=O)O)C[C@@H](C(=O)NCc2ccncc2)C1. The molecule has 27 heavy (non-hydrogen) atoms. The van der Waals surface area contributed by atoms with Gasteiger partial charge in [0.15, 0.2) is 0 Å². The van der Waals surface area contributed by atoms with Crippen LogP contribution in [0.2, 0.25) is 0 Å². The maximum Gasteiger partial charge on any atom is 0.307 e. The van der Waals surface area contributed by atoms with Crippen LogP contribution in [0.4, 0.5) is 0 Å². The van der Waals surface area contributed by atoms with Crippen LogP contribution >= 0.6 is 0 Å². The van der Waals surface area contributed by atoms with Gasteiger partial charge in [0.1, 0.15) is 5.82 Å². The third-order valence-electron chi connectivity index (χ3n) is 4.97. The van der Waals surface area contributed by atoms with Gasteiger partial charge >= 0.3 is 5.97 Å². The minimum absolute atomic E-state index is 0.110. The Balaban J connectivity index is 1.64. The highest BCUT2D eigenvalue weighted by atomic mass is 16.4. The van der Waals surface area contributed by atoms with Crippen LogP contribution in [0.5, 0.6) is 0 Å². The van der Waals surface area contributed by atoms with Crippen LogP contribution in [-0.2, 0) is 29.2 Å². The molecule has 8 nitrogen and oxygen atoms in total. The van der Waals surface area contributed by atoms with Crippen molar-refractivity contribution in [3.63, 3.8) is 0 Å². The number of aryl methyl sites for hydroxylation is 1. The lowest BCUT2D eigenvalue weighted by Crippen LogP contribution is -2.48. The molecule has 0 radical (unpaired) electrons. The maximum atomic E-state index is 12.6. The van der Waals surface area contributed by atoms with E-state index in [-0.39, 0.29) is 11.8 Å². The Bertz CT molecular complexity index is 777. The van der Waals surface area contributed by atoms with Crippen LogP contribution in [0.3, 0.4) is 0 Å². The molecular formula is C19H25N5O3. The van der Waals surface area contributed by atoms with Crippen molar-refractivity contribution in [2.45, 2.75) is 33.0 Å². The minimum Gasteiger partial charge on any atom is -0.481 e. The van der Waals surface area contributed by atoms with E-state index in [0.717, 1.165) is 17.9 Å². The molecule has 1 saturated heterocycles. The van der Waals surface area contributed by atoms with Gasteiger partial charge < -0.3 is 15.0 Å². The van der Waals surface area contributed by atoms with E-state index in [0.29, 0.717) is 32.6 Å². The van der Waals surface area contributed by atoms with Crippen molar-refractivity contribution in [1.82, 2.24) is 24.8 Å². The lowest BCUT2D eigenvalue weighted by Gasteiger charge is -2.35. The smallest absolute Gasteiger partial charge is 0.307 e. The summed E-state index contributed by atoms with van der Waals surface area (Å²) in [4.78, 5) is 34.6. The first kappa shape index (κ1) is 19.0. The third kappa shape index (κ3) is 4.91. The first-order valence-corrected chi connectivity index (χ1v) is 9.18.